The molecule has 0 heterocycles. The molecule has 21 heavy (non-hydrogen) atoms. The van der Waals surface area contributed by atoms with Gasteiger partial charge in [0.25, 0.3) is 0 Å². The molecular weight excluding hydrogens is 309 g/mol. The first-order valence-electron chi connectivity index (χ1n) is 6.41. The maximum absolute atomic E-state index is 6.36. The van der Waals surface area contributed by atoms with E-state index in [2.05, 4.69) is 0 Å². The van der Waals surface area contributed by atoms with Gasteiger partial charge in [0.15, 0.2) is 11.5 Å². The van der Waals surface area contributed by atoms with Crippen molar-refractivity contribution in [3.05, 3.63) is 57.1 Å². The van der Waals surface area contributed by atoms with Crippen molar-refractivity contribution in [2.75, 3.05) is 14.2 Å². The Morgan fingerprint density at radius 1 is 0.952 bits per heavy atom. The van der Waals surface area contributed by atoms with Crippen LogP contribution in [0.5, 0.6) is 11.5 Å². The molecule has 5 heteroatoms. The predicted octanol–water partition coefficient (Wildman–Crippen LogP) is 4.37. The van der Waals surface area contributed by atoms with Crippen LogP contribution in [0.25, 0.3) is 0 Å². The van der Waals surface area contributed by atoms with E-state index in [1.165, 1.54) is 0 Å². The van der Waals surface area contributed by atoms with E-state index >= 15 is 0 Å². The van der Waals surface area contributed by atoms with Gasteiger partial charge in [-0.15, -0.1) is 0 Å². The number of aryl methyl sites for hydroxylation is 1. The fraction of sp³-hybridized carbons (Fsp3) is 0.250. The zero-order valence-electron chi connectivity index (χ0n) is 12.1. The van der Waals surface area contributed by atoms with Crippen molar-refractivity contribution in [3.63, 3.8) is 0 Å². The van der Waals surface area contributed by atoms with Crippen LogP contribution in [0.4, 0.5) is 0 Å². The van der Waals surface area contributed by atoms with Crippen LogP contribution in [0, 0.1) is 6.92 Å². The molecule has 0 radical (unpaired) electrons. The minimum Gasteiger partial charge on any atom is -0.493 e. The Morgan fingerprint density at radius 2 is 1.57 bits per heavy atom. The molecule has 2 N–H and O–H groups in total. The fourth-order valence-electron chi connectivity index (χ4n) is 2.22. The molecule has 0 aliphatic rings. The van der Waals surface area contributed by atoms with Gasteiger partial charge in [-0.25, -0.2) is 0 Å². The second-order valence-electron chi connectivity index (χ2n) is 4.71. The number of hydrogen-bond donors (Lipinski definition) is 1. The molecule has 0 bridgehead atoms. The Balaban J connectivity index is 2.52. The van der Waals surface area contributed by atoms with E-state index in [1.54, 1.807) is 26.4 Å². The molecule has 0 spiro atoms. The Morgan fingerprint density at radius 3 is 2.19 bits per heavy atom. The minimum atomic E-state index is -0.393. The molecule has 0 amide bonds. The second kappa shape index (κ2) is 6.56. The van der Waals surface area contributed by atoms with Crippen molar-refractivity contribution >= 4 is 23.2 Å². The molecule has 2 rings (SSSR count). The minimum absolute atomic E-state index is 0.393. The highest BCUT2D eigenvalue weighted by Crippen LogP contribution is 2.37. The third-order valence-corrected chi connectivity index (χ3v) is 3.98. The molecule has 0 aliphatic heterocycles. The monoisotopic (exact) mass is 325 g/mol. The van der Waals surface area contributed by atoms with E-state index in [4.69, 9.17) is 38.4 Å². The van der Waals surface area contributed by atoms with Gasteiger partial charge in [0, 0.05) is 16.1 Å². The van der Waals surface area contributed by atoms with Crippen LogP contribution in [-0.2, 0) is 0 Å². The van der Waals surface area contributed by atoms with Gasteiger partial charge in [-0.3, -0.25) is 0 Å². The smallest absolute Gasteiger partial charge is 0.162 e. The molecule has 1 atom stereocenters. The summed E-state index contributed by atoms with van der Waals surface area (Å²) in [6.07, 6.45) is 0. The Bertz CT molecular complexity index is 659. The van der Waals surface area contributed by atoms with Gasteiger partial charge in [0.05, 0.1) is 20.3 Å². The highest BCUT2D eigenvalue weighted by atomic mass is 35.5. The molecular formula is C16H17Cl2NO2. The zero-order valence-corrected chi connectivity index (χ0v) is 13.6. The number of nitrogens with two attached hydrogens (primary N) is 1. The highest BCUT2D eigenvalue weighted by molar-refractivity contribution is 6.31. The van der Waals surface area contributed by atoms with Gasteiger partial charge < -0.3 is 15.2 Å². The average Bonchev–Trinajstić information content (AvgIpc) is 2.48. The number of hydrogen-bond acceptors (Lipinski definition) is 3. The van der Waals surface area contributed by atoms with Crippen molar-refractivity contribution < 1.29 is 9.47 Å². The molecule has 0 saturated heterocycles. The lowest BCUT2D eigenvalue weighted by Gasteiger charge is -2.19. The third kappa shape index (κ3) is 3.26. The number of rotatable bonds is 4. The number of ether oxygens (including phenoxy) is 2. The third-order valence-electron chi connectivity index (χ3n) is 3.41. The van der Waals surface area contributed by atoms with E-state index in [9.17, 15) is 0 Å². The van der Waals surface area contributed by atoms with Gasteiger partial charge in [0.1, 0.15) is 0 Å². The molecule has 2 aromatic rings. The van der Waals surface area contributed by atoms with E-state index in [-0.39, 0.29) is 0 Å². The first kappa shape index (κ1) is 16.0. The summed E-state index contributed by atoms with van der Waals surface area (Å²) in [4.78, 5) is 0. The Hall–Kier alpha value is -1.42. The van der Waals surface area contributed by atoms with Crippen LogP contribution in [0.2, 0.25) is 10.0 Å². The predicted molar refractivity (Wildman–Crippen MR) is 86.8 cm³/mol. The normalized spacial score (nSPS) is 12.1. The van der Waals surface area contributed by atoms with Crippen molar-refractivity contribution in [2.45, 2.75) is 13.0 Å². The summed E-state index contributed by atoms with van der Waals surface area (Å²) in [5.41, 5.74) is 9.11. The quantitative estimate of drug-likeness (QED) is 0.907. The van der Waals surface area contributed by atoms with Crippen molar-refractivity contribution in [1.29, 1.82) is 0 Å². The van der Waals surface area contributed by atoms with Gasteiger partial charge >= 0.3 is 0 Å². The van der Waals surface area contributed by atoms with Crippen molar-refractivity contribution in [2.24, 2.45) is 5.73 Å². The lowest BCUT2D eigenvalue weighted by molar-refractivity contribution is 0.354. The fourth-order valence-corrected chi connectivity index (χ4v) is 2.67. The lowest BCUT2D eigenvalue weighted by atomic mass is 9.95. The first-order valence-corrected chi connectivity index (χ1v) is 7.16. The highest BCUT2D eigenvalue weighted by Gasteiger charge is 2.18. The molecule has 1 unspecified atom stereocenters. The topological polar surface area (TPSA) is 44.5 Å². The van der Waals surface area contributed by atoms with Crippen molar-refractivity contribution in [1.82, 2.24) is 0 Å². The van der Waals surface area contributed by atoms with Crippen molar-refractivity contribution in [3.8, 4) is 11.5 Å². The SMILES string of the molecule is COc1cc(Cl)c(C(N)c2cc(Cl)ccc2C)cc1OC. The summed E-state index contributed by atoms with van der Waals surface area (Å²) >= 11 is 12.4. The first-order chi connectivity index (χ1) is 9.97. The van der Waals surface area contributed by atoms with Crippen LogP contribution in [0.3, 0.4) is 0 Å². The number of benzene rings is 2. The number of halogens is 2. The second-order valence-corrected chi connectivity index (χ2v) is 5.55. The summed E-state index contributed by atoms with van der Waals surface area (Å²) < 4.78 is 10.5. The lowest BCUT2D eigenvalue weighted by Crippen LogP contribution is -2.14. The Kier molecular flexibility index (Phi) is 4.99. The van der Waals surface area contributed by atoms with E-state index in [1.807, 2.05) is 25.1 Å². The summed E-state index contributed by atoms with van der Waals surface area (Å²) in [5, 5.41) is 1.17. The van der Waals surface area contributed by atoms with Crippen LogP contribution in [-0.4, -0.2) is 14.2 Å². The molecule has 0 fully saturated rings. The molecule has 2 aromatic carbocycles. The molecule has 112 valence electrons. The van der Waals surface area contributed by atoms with Gasteiger partial charge in [-0.2, -0.15) is 0 Å². The van der Waals surface area contributed by atoms with Gasteiger partial charge in [-0.05, 0) is 41.8 Å². The standard InChI is InChI=1S/C16H17Cl2NO2/c1-9-4-5-10(17)6-11(9)16(19)12-7-14(20-2)15(21-3)8-13(12)18/h4-8,16H,19H2,1-3H3. The molecule has 0 saturated carbocycles. The van der Waals surface area contributed by atoms with Gasteiger partial charge in [-0.1, -0.05) is 29.3 Å². The molecule has 0 aromatic heterocycles. The summed E-state index contributed by atoms with van der Waals surface area (Å²) in [6, 6.07) is 8.74. The Labute approximate surface area is 134 Å². The largest absolute Gasteiger partial charge is 0.493 e. The van der Waals surface area contributed by atoms with Crippen LogP contribution >= 0.6 is 23.2 Å². The maximum Gasteiger partial charge on any atom is 0.162 e. The summed E-state index contributed by atoms with van der Waals surface area (Å²) in [6.45, 7) is 1.99. The summed E-state index contributed by atoms with van der Waals surface area (Å²) in [7, 11) is 3.14. The maximum atomic E-state index is 6.36. The van der Waals surface area contributed by atoms with Gasteiger partial charge in [0.2, 0.25) is 0 Å². The van der Waals surface area contributed by atoms with Crippen LogP contribution in [0.15, 0.2) is 30.3 Å². The van der Waals surface area contributed by atoms with E-state index < -0.39 is 6.04 Å². The van der Waals surface area contributed by atoms with Crippen LogP contribution < -0.4 is 15.2 Å². The van der Waals surface area contributed by atoms with E-state index in [0.29, 0.717) is 21.5 Å². The molecule has 3 nitrogen and oxygen atoms in total. The van der Waals surface area contributed by atoms with Crippen LogP contribution in [0.1, 0.15) is 22.7 Å². The molecule has 0 aliphatic carbocycles. The zero-order chi connectivity index (χ0) is 15.6. The number of methoxy groups -OCH3 is 2. The summed E-state index contributed by atoms with van der Waals surface area (Å²) in [5.74, 6) is 1.16. The average molecular weight is 326 g/mol. The van der Waals surface area contributed by atoms with E-state index in [0.717, 1.165) is 16.7 Å².